The first kappa shape index (κ1) is 14.5. The summed E-state index contributed by atoms with van der Waals surface area (Å²) in [6.45, 7) is 5.45. The lowest BCUT2D eigenvalue weighted by atomic mass is 9.95. The summed E-state index contributed by atoms with van der Waals surface area (Å²) in [5.41, 5.74) is -0.238. The van der Waals surface area contributed by atoms with Crippen molar-refractivity contribution in [1.29, 1.82) is 0 Å². The minimum Gasteiger partial charge on any atom is -0.340 e. The zero-order valence-electron chi connectivity index (χ0n) is 11.9. The Hall–Kier alpha value is -1.91. The maximum atomic E-state index is 13.2. The number of halogens is 1. The molecular weight excluding hydrogens is 259 g/mol. The molecule has 20 heavy (non-hydrogen) atoms. The first-order valence-corrected chi connectivity index (χ1v) is 6.72. The highest BCUT2D eigenvalue weighted by Crippen LogP contribution is 2.22. The van der Waals surface area contributed by atoms with E-state index in [1.165, 1.54) is 17.0 Å². The number of hydrogen-bond acceptors (Lipinski definition) is 2. The summed E-state index contributed by atoms with van der Waals surface area (Å²) in [6.07, 6.45) is 0.531. The third kappa shape index (κ3) is 2.66. The van der Waals surface area contributed by atoms with Gasteiger partial charge in [-0.05, 0) is 38.0 Å². The van der Waals surface area contributed by atoms with Gasteiger partial charge in [-0.25, -0.2) is 4.39 Å². The lowest BCUT2D eigenvalue weighted by Gasteiger charge is -2.42. The monoisotopic (exact) mass is 278 g/mol. The number of piperazine rings is 1. The van der Waals surface area contributed by atoms with Crippen molar-refractivity contribution in [3.8, 4) is 0 Å². The minimum atomic E-state index is -0.921. The van der Waals surface area contributed by atoms with Gasteiger partial charge in [-0.3, -0.25) is 9.59 Å². The smallest absolute Gasteiger partial charge is 0.248 e. The standard InChI is InChI=1S/C15H19FN2O2/c1-4-12-13(19)17-15(2,3)14(20)18(12)9-10-6-5-7-11(16)8-10/h5-8,12H,4,9H2,1-3H3,(H,17,19). The van der Waals surface area contributed by atoms with Crippen LogP contribution in [0.4, 0.5) is 4.39 Å². The Labute approximate surface area is 118 Å². The van der Waals surface area contributed by atoms with E-state index in [2.05, 4.69) is 5.32 Å². The van der Waals surface area contributed by atoms with Crippen LogP contribution in [0.25, 0.3) is 0 Å². The van der Waals surface area contributed by atoms with E-state index in [4.69, 9.17) is 0 Å². The summed E-state index contributed by atoms with van der Waals surface area (Å²) in [5.74, 6) is -0.648. The maximum Gasteiger partial charge on any atom is 0.248 e. The van der Waals surface area contributed by atoms with Crippen molar-refractivity contribution >= 4 is 11.8 Å². The minimum absolute atomic E-state index is 0.145. The Balaban J connectivity index is 2.30. The van der Waals surface area contributed by atoms with Crippen LogP contribution >= 0.6 is 0 Å². The number of rotatable bonds is 3. The number of nitrogens with one attached hydrogen (secondary N) is 1. The van der Waals surface area contributed by atoms with E-state index in [1.807, 2.05) is 6.92 Å². The molecule has 2 rings (SSSR count). The molecule has 1 aliphatic rings. The predicted molar refractivity (Wildman–Crippen MR) is 73.3 cm³/mol. The van der Waals surface area contributed by atoms with Crippen LogP contribution in [0.3, 0.4) is 0 Å². The molecule has 1 N–H and O–H groups in total. The van der Waals surface area contributed by atoms with Gasteiger partial charge in [0.05, 0.1) is 0 Å². The number of carbonyl (C=O) groups excluding carboxylic acids is 2. The molecule has 1 aromatic carbocycles. The first-order valence-electron chi connectivity index (χ1n) is 6.72. The van der Waals surface area contributed by atoms with Gasteiger partial charge in [0.15, 0.2) is 0 Å². The van der Waals surface area contributed by atoms with Crippen molar-refractivity contribution in [3.05, 3.63) is 35.6 Å². The molecule has 1 unspecified atom stereocenters. The van der Waals surface area contributed by atoms with Crippen LogP contribution in [0.15, 0.2) is 24.3 Å². The Morgan fingerprint density at radius 2 is 2.05 bits per heavy atom. The zero-order valence-corrected chi connectivity index (χ0v) is 11.9. The van der Waals surface area contributed by atoms with E-state index in [0.717, 1.165) is 0 Å². The van der Waals surface area contributed by atoms with Crippen molar-refractivity contribution in [2.24, 2.45) is 0 Å². The molecule has 0 radical (unpaired) electrons. The van der Waals surface area contributed by atoms with E-state index < -0.39 is 11.6 Å². The Morgan fingerprint density at radius 3 is 2.65 bits per heavy atom. The molecule has 108 valence electrons. The van der Waals surface area contributed by atoms with Crippen LogP contribution < -0.4 is 5.32 Å². The molecule has 1 aromatic rings. The number of carbonyl (C=O) groups is 2. The van der Waals surface area contributed by atoms with Gasteiger partial charge in [-0.2, -0.15) is 0 Å². The van der Waals surface area contributed by atoms with E-state index in [9.17, 15) is 14.0 Å². The fraction of sp³-hybridized carbons (Fsp3) is 0.467. The van der Waals surface area contributed by atoms with Gasteiger partial charge in [-0.1, -0.05) is 19.1 Å². The largest absolute Gasteiger partial charge is 0.340 e. The molecular formula is C15H19FN2O2. The summed E-state index contributed by atoms with van der Waals surface area (Å²) < 4.78 is 13.2. The second kappa shape index (κ2) is 5.23. The van der Waals surface area contributed by atoms with Crippen LogP contribution in [0.5, 0.6) is 0 Å². The molecule has 0 spiro atoms. The number of nitrogens with zero attached hydrogens (tertiary/aromatic N) is 1. The van der Waals surface area contributed by atoms with Crippen molar-refractivity contribution in [1.82, 2.24) is 10.2 Å². The molecule has 1 heterocycles. The maximum absolute atomic E-state index is 13.2. The quantitative estimate of drug-likeness (QED) is 0.917. The Morgan fingerprint density at radius 1 is 1.35 bits per heavy atom. The average molecular weight is 278 g/mol. The molecule has 0 bridgehead atoms. The molecule has 0 aliphatic carbocycles. The molecule has 0 aromatic heterocycles. The van der Waals surface area contributed by atoms with Gasteiger partial charge in [0.1, 0.15) is 17.4 Å². The topological polar surface area (TPSA) is 49.4 Å². The number of benzene rings is 1. The average Bonchev–Trinajstić information content (AvgIpc) is 2.35. The normalized spacial score (nSPS) is 21.8. The highest BCUT2D eigenvalue weighted by atomic mass is 19.1. The van der Waals surface area contributed by atoms with Crippen LogP contribution in [-0.4, -0.2) is 28.3 Å². The SMILES string of the molecule is CCC1C(=O)NC(C)(C)C(=O)N1Cc1cccc(F)c1. The summed E-state index contributed by atoms with van der Waals surface area (Å²) in [6, 6.07) is 5.60. The second-order valence-corrected chi connectivity index (χ2v) is 5.60. The highest BCUT2D eigenvalue weighted by molar-refractivity contribution is 5.99. The van der Waals surface area contributed by atoms with Crippen molar-refractivity contribution in [2.45, 2.75) is 45.3 Å². The van der Waals surface area contributed by atoms with E-state index in [-0.39, 0.29) is 24.2 Å². The summed E-state index contributed by atoms with van der Waals surface area (Å²) in [4.78, 5) is 26.1. The van der Waals surface area contributed by atoms with E-state index in [1.54, 1.807) is 26.0 Å². The molecule has 1 saturated heterocycles. The van der Waals surface area contributed by atoms with E-state index >= 15 is 0 Å². The van der Waals surface area contributed by atoms with E-state index in [0.29, 0.717) is 12.0 Å². The highest BCUT2D eigenvalue weighted by Gasteiger charge is 2.44. The molecule has 2 amide bonds. The second-order valence-electron chi connectivity index (χ2n) is 5.60. The third-order valence-corrected chi connectivity index (χ3v) is 3.54. The lowest BCUT2D eigenvalue weighted by Crippen LogP contribution is -2.67. The van der Waals surface area contributed by atoms with Gasteiger partial charge in [-0.15, -0.1) is 0 Å². The Kier molecular flexibility index (Phi) is 3.79. The van der Waals surface area contributed by atoms with Gasteiger partial charge in [0.2, 0.25) is 11.8 Å². The summed E-state index contributed by atoms with van der Waals surface area (Å²) >= 11 is 0. The Bertz CT molecular complexity index is 542. The van der Waals surface area contributed by atoms with Crippen molar-refractivity contribution < 1.29 is 14.0 Å². The molecule has 1 aliphatic heterocycles. The van der Waals surface area contributed by atoms with Crippen LogP contribution in [0.2, 0.25) is 0 Å². The van der Waals surface area contributed by atoms with Crippen LogP contribution in [-0.2, 0) is 16.1 Å². The first-order chi connectivity index (χ1) is 9.35. The third-order valence-electron chi connectivity index (χ3n) is 3.54. The van der Waals surface area contributed by atoms with Crippen LogP contribution in [0.1, 0.15) is 32.8 Å². The van der Waals surface area contributed by atoms with Crippen molar-refractivity contribution in [3.63, 3.8) is 0 Å². The van der Waals surface area contributed by atoms with Gasteiger partial charge >= 0.3 is 0 Å². The molecule has 5 heteroatoms. The fourth-order valence-electron chi connectivity index (χ4n) is 2.51. The molecule has 1 atom stereocenters. The zero-order chi connectivity index (χ0) is 14.9. The number of amides is 2. The molecule has 4 nitrogen and oxygen atoms in total. The predicted octanol–water partition coefficient (Wildman–Crippen LogP) is 1.84. The lowest BCUT2D eigenvalue weighted by molar-refractivity contribution is -0.154. The molecule has 0 saturated carbocycles. The summed E-state index contributed by atoms with van der Waals surface area (Å²) in [7, 11) is 0. The van der Waals surface area contributed by atoms with Gasteiger partial charge < -0.3 is 10.2 Å². The van der Waals surface area contributed by atoms with Crippen molar-refractivity contribution in [2.75, 3.05) is 0 Å². The van der Waals surface area contributed by atoms with Gasteiger partial charge in [0, 0.05) is 6.54 Å². The number of hydrogen-bond donors (Lipinski definition) is 1. The molecule has 1 fully saturated rings. The summed E-state index contributed by atoms with van der Waals surface area (Å²) in [5, 5.41) is 2.73. The van der Waals surface area contributed by atoms with Crippen LogP contribution in [0, 0.1) is 5.82 Å². The van der Waals surface area contributed by atoms with Gasteiger partial charge in [0.25, 0.3) is 0 Å². The fourth-order valence-corrected chi connectivity index (χ4v) is 2.51.